The molecule has 0 saturated heterocycles. The number of hydrogen-bond donors (Lipinski definition) is 1. The Morgan fingerprint density at radius 1 is 0.962 bits per heavy atom. The fourth-order valence-electron chi connectivity index (χ4n) is 3.42. The Balaban J connectivity index is 1.79. The second-order valence-corrected chi connectivity index (χ2v) is 6.56. The molecule has 1 aromatic carbocycles. The minimum absolute atomic E-state index is 0.182. The molecule has 2 aromatic rings. The van der Waals surface area contributed by atoms with Crippen LogP contribution < -0.4 is 5.73 Å². The van der Waals surface area contributed by atoms with Gasteiger partial charge in [0.15, 0.2) is 11.6 Å². The number of anilines is 1. The number of fused-ring (bicyclic) bond motifs is 1. The Morgan fingerprint density at radius 2 is 1.81 bits per heavy atom. The Kier molecular flexibility index (Phi) is 4.69. The molecule has 0 amide bonds. The van der Waals surface area contributed by atoms with Gasteiger partial charge in [-0.05, 0) is 24.8 Å². The number of hydrogen-bond acceptors (Lipinski definition) is 5. The SMILES string of the molecule is Nc1ncnc2c1N=CC(C1=CC=CCC1)CC(c1ccccc1)C=N2. The average molecular weight is 343 g/mol. The van der Waals surface area contributed by atoms with Gasteiger partial charge in [-0.2, -0.15) is 0 Å². The van der Waals surface area contributed by atoms with E-state index in [1.807, 2.05) is 18.5 Å². The van der Waals surface area contributed by atoms with Crippen molar-refractivity contribution in [1.29, 1.82) is 0 Å². The molecule has 0 fully saturated rings. The molecule has 5 heteroatoms. The van der Waals surface area contributed by atoms with Crippen LogP contribution in [0.3, 0.4) is 0 Å². The quantitative estimate of drug-likeness (QED) is 0.869. The van der Waals surface area contributed by atoms with Gasteiger partial charge >= 0.3 is 0 Å². The number of aliphatic imine (C=N–C) groups is 2. The number of rotatable bonds is 2. The summed E-state index contributed by atoms with van der Waals surface area (Å²) in [6, 6.07) is 10.5. The van der Waals surface area contributed by atoms with Crippen LogP contribution in [0.5, 0.6) is 0 Å². The predicted molar refractivity (Wildman–Crippen MR) is 106 cm³/mol. The summed E-state index contributed by atoms with van der Waals surface area (Å²) in [5, 5.41) is 0. The Bertz CT molecular complexity index is 896. The second-order valence-electron chi connectivity index (χ2n) is 6.56. The van der Waals surface area contributed by atoms with Crippen LogP contribution in [0.2, 0.25) is 0 Å². The van der Waals surface area contributed by atoms with E-state index < -0.39 is 0 Å². The van der Waals surface area contributed by atoms with E-state index in [0.717, 1.165) is 19.3 Å². The maximum atomic E-state index is 6.02. The van der Waals surface area contributed by atoms with Crippen LogP contribution in [-0.4, -0.2) is 22.4 Å². The molecule has 0 spiro atoms. The third-order valence-electron chi connectivity index (χ3n) is 4.85. The first-order chi connectivity index (χ1) is 12.8. The fourth-order valence-corrected chi connectivity index (χ4v) is 3.42. The first-order valence-corrected chi connectivity index (χ1v) is 8.90. The summed E-state index contributed by atoms with van der Waals surface area (Å²) >= 11 is 0. The summed E-state index contributed by atoms with van der Waals surface area (Å²) in [7, 11) is 0. The van der Waals surface area contributed by atoms with Crippen molar-refractivity contribution in [3.8, 4) is 0 Å². The van der Waals surface area contributed by atoms with E-state index in [-0.39, 0.29) is 11.8 Å². The Morgan fingerprint density at radius 3 is 2.62 bits per heavy atom. The lowest BCUT2D eigenvalue weighted by Crippen LogP contribution is -2.13. The zero-order valence-corrected chi connectivity index (χ0v) is 14.5. The first kappa shape index (κ1) is 16.4. The van der Waals surface area contributed by atoms with Crippen LogP contribution in [0.25, 0.3) is 0 Å². The summed E-state index contributed by atoms with van der Waals surface area (Å²) in [5.74, 6) is 1.29. The number of nitrogen functional groups attached to an aromatic ring is 1. The molecule has 2 aliphatic rings. The average Bonchev–Trinajstić information content (AvgIpc) is 2.79. The van der Waals surface area contributed by atoms with E-state index in [1.165, 1.54) is 17.5 Å². The third-order valence-corrected chi connectivity index (χ3v) is 4.85. The highest BCUT2D eigenvalue weighted by molar-refractivity contribution is 5.83. The van der Waals surface area contributed by atoms with Gasteiger partial charge in [-0.1, -0.05) is 54.1 Å². The Labute approximate surface area is 153 Å². The van der Waals surface area contributed by atoms with Crippen molar-refractivity contribution in [3.63, 3.8) is 0 Å². The summed E-state index contributed by atoms with van der Waals surface area (Å²) in [5.41, 5.74) is 9.20. The molecule has 1 aromatic heterocycles. The lowest BCUT2D eigenvalue weighted by molar-refractivity contribution is 0.658. The van der Waals surface area contributed by atoms with E-state index in [9.17, 15) is 0 Å². The van der Waals surface area contributed by atoms with Crippen molar-refractivity contribution in [2.45, 2.75) is 25.2 Å². The highest BCUT2D eigenvalue weighted by Crippen LogP contribution is 2.35. The first-order valence-electron chi connectivity index (χ1n) is 8.90. The molecule has 1 aliphatic heterocycles. The molecular formula is C21H21N5. The molecule has 0 radical (unpaired) electrons. The van der Waals surface area contributed by atoms with E-state index in [4.69, 9.17) is 5.73 Å². The maximum absolute atomic E-state index is 6.02. The standard InChI is InChI=1S/C21H21N5/c22-20-19-21(26-14-25-20)24-13-18(16-9-5-2-6-10-16)11-17(12-23-19)15-7-3-1-4-8-15/h1-3,5-7,9-10,12-14,17-18H,4,8,11H2,(H2,22,25,26). The molecule has 4 rings (SSSR count). The molecule has 26 heavy (non-hydrogen) atoms. The zero-order chi connectivity index (χ0) is 17.8. The summed E-state index contributed by atoms with van der Waals surface area (Å²) in [6.07, 6.45) is 15.0. The van der Waals surface area contributed by atoms with E-state index in [1.54, 1.807) is 0 Å². The smallest absolute Gasteiger partial charge is 0.183 e. The number of nitrogens with two attached hydrogens (primary N) is 1. The number of nitrogens with zero attached hydrogens (tertiary/aromatic N) is 4. The maximum Gasteiger partial charge on any atom is 0.183 e. The Hall–Kier alpha value is -3.08. The van der Waals surface area contributed by atoms with E-state index >= 15 is 0 Å². The molecule has 0 bridgehead atoms. The van der Waals surface area contributed by atoms with Gasteiger partial charge in [0.25, 0.3) is 0 Å². The highest BCUT2D eigenvalue weighted by Gasteiger charge is 2.21. The lowest BCUT2D eigenvalue weighted by Gasteiger charge is -2.21. The largest absolute Gasteiger partial charge is 0.382 e. The zero-order valence-electron chi connectivity index (χ0n) is 14.5. The van der Waals surface area contributed by atoms with Crippen LogP contribution in [0.4, 0.5) is 17.3 Å². The summed E-state index contributed by atoms with van der Waals surface area (Å²) in [6.45, 7) is 0. The summed E-state index contributed by atoms with van der Waals surface area (Å²) in [4.78, 5) is 17.6. The van der Waals surface area contributed by atoms with Gasteiger partial charge in [0.1, 0.15) is 12.0 Å². The van der Waals surface area contributed by atoms with E-state index in [2.05, 4.69) is 62.4 Å². The molecular weight excluding hydrogens is 322 g/mol. The number of allylic oxidation sites excluding steroid dienone is 4. The second kappa shape index (κ2) is 7.44. The predicted octanol–water partition coefficient (Wildman–Crippen LogP) is 4.54. The normalized spacial score (nSPS) is 22.1. The van der Waals surface area contributed by atoms with Gasteiger partial charge < -0.3 is 5.73 Å². The fraction of sp³-hybridized carbons (Fsp3) is 0.238. The van der Waals surface area contributed by atoms with Crippen molar-refractivity contribution in [2.24, 2.45) is 15.9 Å². The highest BCUT2D eigenvalue weighted by atomic mass is 15.0. The molecule has 2 unspecified atom stereocenters. The van der Waals surface area contributed by atoms with Crippen molar-refractivity contribution in [2.75, 3.05) is 5.73 Å². The van der Waals surface area contributed by atoms with Crippen LogP contribution in [-0.2, 0) is 0 Å². The van der Waals surface area contributed by atoms with Crippen LogP contribution in [0.15, 0.2) is 70.4 Å². The van der Waals surface area contributed by atoms with Gasteiger partial charge in [0, 0.05) is 24.3 Å². The molecule has 1 aliphatic carbocycles. The van der Waals surface area contributed by atoms with Gasteiger partial charge in [0.05, 0.1) is 0 Å². The van der Waals surface area contributed by atoms with Crippen LogP contribution >= 0.6 is 0 Å². The monoisotopic (exact) mass is 343 g/mol. The molecule has 2 heterocycles. The van der Waals surface area contributed by atoms with Crippen LogP contribution in [0, 0.1) is 5.92 Å². The number of aromatic nitrogens is 2. The van der Waals surface area contributed by atoms with Gasteiger partial charge in [-0.25, -0.2) is 15.0 Å². The minimum atomic E-state index is 0.182. The molecule has 2 N–H and O–H groups in total. The molecule has 0 saturated carbocycles. The van der Waals surface area contributed by atoms with Gasteiger partial charge in [-0.3, -0.25) is 4.99 Å². The van der Waals surface area contributed by atoms with Crippen molar-refractivity contribution in [1.82, 2.24) is 9.97 Å². The lowest BCUT2D eigenvalue weighted by atomic mass is 9.83. The van der Waals surface area contributed by atoms with Gasteiger partial charge in [0.2, 0.25) is 0 Å². The van der Waals surface area contributed by atoms with Gasteiger partial charge in [-0.15, -0.1) is 0 Å². The molecule has 130 valence electrons. The number of benzene rings is 1. The van der Waals surface area contributed by atoms with Crippen LogP contribution in [0.1, 0.15) is 30.7 Å². The third kappa shape index (κ3) is 3.47. The minimum Gasteiger partial charge on any atom is -0.382 e. The van der Waals surface area contributed by atoms with Crippen molar-refractivity contribution < 1.29 is 0 Å². The molecule has 5 nitrogen and oxygen atoms in total. The topological polar surface area (TPSA) is 76.5 Å². The van der Waals surface area contributed by atoms with Crippen molar-refractivity contribution in [3.05, 3.63) is 66.0 Å². The van der Waals surface area contributed by atoms with E-state index in [0.29, 0.717) is 17.3 Å². The summed E-state index contributed by atoms with van der Waals surface area (Å²) < 4.78 is 0. The molecule has 2 atom stereocenters. The van der Waals surface area contributed by atoms with Crippen molar-refractivity contribution >= 4 is 29.8 Å².